The Kier molecular flexibility index (Phi) is 8.04. The first-order chi connectivity index (χ1) is 13.3. The van der Waals surface area contributed by atoms with Gasteiger partial charge in [-0.2, -0.15) is 4.31 Å². The van der Waals surface area contributed by atoms with Crippen molar-refractivity contribution >= 4 is 27.5 Å². The van der Waals surface area contributed by atoms with Gasteiger partial charge < -0.3 is 5.32 Å². The molecule has 1 amide bonds. The average Bonchev–Trinajstić information content (AvgIpc) is 2.66. The van der Waals surface area contributed by atoms with Crippen molar-refractivity contribution in [2.45, 2.75) is 51.1 Å². The molecular formula is C21H27ClN2O3S. The highest BCUT2D eigenvalue weighted by molar-refractivity contribution is 7.89. The van der Waals surface area contributed by atoms with Gasteiger partial charge in [0, 0.05) is 29.7 Å². The number of nitrogens with one attached hydrogen (secondary N) is 1. The van der Waals surface area contributed by atoms with E-state index in [1.54, 1.807) is 43.3 Å². The standard InChI is InChI=1S/C21H27ClN2O3S/c1-4-6-16(3)23-21(25)18-9-7-17(8-10-18)15-24(5-2)28(26,27)20-13-11-19(22)12-14-20/h7-14,16H,4-6,15H2,1-3H3,(H,23,25)/t16-/m0/s1. The van der Waals surface area contributed by atoms with Crippen LogP contribution in [0.2, 0.25) is 5.02 Å². The van der Waals surface area contributed by atoms with Crippen molar-refractivity contribution < 1.29 is 13.2 Å². The van der Waals surface area contributed by atoms with Crippen LogP contribution in [0.15, 0.2) is 53.4 Å². The highest BCUT2D eigenvalue weighted by Crippen LogP contribution is 2.20. The van der Waals surface area contributed by atoms with E-state index in [1.165, 1.54) is 16.4 Å². The molecular weight excluding hydrogens is 396 g/mol. The van der Waals surface area contributed by atoms with Gasteiger partial charge >= 0.3 is 0 Å². The summed E-state index contributed by atoms with van der Waals surface area (Å²) in [7, 11) is -3.62. The number of benzene rings is 2. The largest absolute Gasteiger partial charge is 0.350 e. The molecule has 1 atom stereocenters. The van der Waals surface area contributed by atoms with Crippen molar-refractivity contribution in [3.8, 4) is 0 Å². The maximum absolute atomic E-state index is 12.9. The molecule has 0 aliphatic carbocycles. The number of amides is 1. The van der Waals surface area contributed by atoms with Crippen LogP contribution in [0.3, 0.4) is 0 Å². The van der Waals surface area contributed by atoms with E-state index < -0.39 is 10.0 Å². The lowest BCUT2D eigenvalue weighted by Gasteiger charge is -2.21. The molecule has 0 heterocycles. The normalized spacial score (nSPS) is 12.8. The second-order valence-electron chi connectivity index (χ2n) is 6.75. The average molecular weight is 423 g/mol. The van der Waals surface area contributed by atoms with Gasteiger partial charge in [0.25, 0.3) is 5.91 Å². The third-order valence-electron chi connectivity index (χ3n) is 4.48. The predicted molar refractivity (Wildman–Crippen MR) is 113 cm³/mol. The highest BCUT2D eigenvalue weighted by atomic mass is 35.5. The summed E-state index contributed by atoms with van der Waals surface area (Å²) in [6.45, 7) is 6.42. The molecule has 0 saturated heterocycles. The summed E-state index contributed by atoms with van der Waals surface area (Å²) in [5.41, 5.74) is 1.38. The van der Waals surface area contributed by atoms with Crippen molar-refractivity contribution in [1.29, 1.82) is 0 Å². The zero-order valence-electron chi connectivity index (χ0n) is 16.5. The van der Waals surface area contributed by atoms with Crippen LogP contribution in [-0.2, 0) is 16.6 Å². The zero-order chi connectivity index (χ0) is 20.7. The van der Waals surface area contributed by atoms with Crippen LogP contribution in [0.1, 0.15) is 49.5 Å². The number of hydrogen-bond donors (Lipinski definition) is 1. The van der Waals surface area contributed by atoms with Gasteiger partial charge in [-0.15, -0.1) is 0 Å². The smallest absolute Gasteiger partial charge is 0.251 e. The molecule has 2 aromatic carbocycles. The fourth-order valence-corrected chi connectivity index (χ4v) is 4.46. The molecule has 0 aliphatic rings. The maximum Gasteiger partial charge on any atom is 0.251 e. The lowest BCUT2D eigenvalue weighted by Crippen LogP contribution is -2.32. The van der Waals surface area contributed by atoms with Crippen LogP contribution in [0.25, 0.3) is 0 Å². The van der Waals surface area contributed by atoms with Gasteiger partial charge in [0.2, 0.25) is 10.0 Å². The van der Waals surface area contributed by atoms with Crippen LogP contribution in [0.4, 0.5) is 0 Å². The minimum Gasteiger partial charge on any atom is -0.350 e. The van der Waals surface area contributed by atoms with Crippen molar-refractivity contribution in [3.63, 3.8) is 0 Å². The fourth-order valence-electron chi connectivity index (χ4n) is 2.90. The molecule has 0 saturated carbocycles. The van der Waals surface area contributed by atoms with Crippen molar-refractivity contribution in [2.24, 2.45) is 0 Å². The van der Waals surface area contributed by atoms with Crippen LogP contribution in [0, 0.1) is 0 Å². The van der Waals surface area contributed by atoms with E-state index in [-0.39, 0.29) is 23.4 Å². The van der Waals surface area contributed by atoms with E-state index in [1.807, 2.05) is 6.92 Å². The Morgan fingerprint density at radius 1 is 1.07 bits per heavy atom. The first kappa shape index (κ1) is 22.4. The van der Waals surface area contributed by atoms with Gasteiger partial charge in [-0.1, -0.05) is 44.0 Å². The molecule has 0 unspecified atom stereocenters. The van der Waals surface area contributed by atoms with E-state index in [4.69, 9.17) is 11.6 Å². The van der Waals surface area contributed by atoms with Crippen molar-refractivity contribution in [3.05, 3.63) is 64.7 Å². The molecule has 0 aromatic heterocycles. The third-order valence-corrected chi connectivity index (χ3v) is 6.67. The molecule has 0 fully saturated rings. The molecule has 0 aliphatic heterocycles. The number of rotatable bonds is 9. The molecule has 0 bridgehead atoms. The summed E-state index contributed by atoms with van der Waals surface area (Å²) in [5.74, 6) is -0.117. The molecule has 5 nitrogen and oxygen atoms in total. The molecule has 7 heteroatoms. The van der Waals surface area contributed by atoms with Gasteiger partial charge in [0.1, 0.15) is 0 Å². The highest BCUT2D eigenvalue weighted by Gasteiger charge is 2.23. The number of halogens is 1. The minimum atomic E-state index is -3.62. The zero-order valence-corrected chi connectivity index (χ0v) is 18.1. The molecule has 2 aromatic rings. The minimum absolute atomic E-state index is 0.117. The SMILES string of the molecule is CCC[C@H](C)NC(=O)c1ccc(CN(CC)S(=O)(=O)c2ccc(Cl)cc2)cc1. The Hall–Kier alpha value is -1.89. The first-order valence-corrected chi connectivity index (χ1v) is 11.2. The number of nitrogens with zero attached hydrogens (tertiary/aromatic N) is 1. The number of hydrogen-bond acceptors (Lipinski definition) is 3. The van der Waals surface area contributed by atoms with Crippen molar-refractivity contribution in [1.82, 2.24) is 9.62 Å². The Morgan fingerprint density at radius 2 is 1.68 bits per heavy atom. The molecule has 2 rings (SSSR count). The summed E-state index contributed by atoms with van der Waals surface area (Å²) in [4.78, 5) is 12.5. The summed E-state index contributed by atoms with van der Waals surface area (Å²) in [6.07, 6.45) is 1.94. The summed E-state index contributed by atoms with van der Waals surface area (Å²) < 4.78 is 27.1. The van der Waals surface area contributed by atoms with Gasteiger partial charge in [0.15, 0.2) is 0 Å². The second-order valence-corrected chi connectivity index (χ2v) is 9.12. The van der Waals surface area contributed by atoms with Gasteiger partial charge in [0.05, 0.1) is 4.90 Å². The Balaban J connectivity index is 2.11. The van der Waals surface area contributed by atoms with Crippen molar-refractivity contribution in [2.75, 3.05) is 6.54 Å². The van der Waals surface area contributed by atoms with Crippen LogP contribution in [-0.4, -0.2) is 31.2 Å². The van der Waals surface area contributed by atoms with Crippen LogP contribution >= 0.6 is 11.6 Å². The maximum atomic E-state index is 12.9. The molecule has 0 radical (unpaired) electrons. The quantitative estimate of drug-likeness (QED) is 0.648. The Bertz CT molecular complexity index is 881. The summed E-state index contributed by atoms with van der Waals surface area (Å²) >= 11 is 5.85. The number of carbonyl (C=O) groups is 1. The molecule has 28 heavy (non-hydrogen) atoms. The van der Waals surface area contributed by atoms with E-state index in [9.17, 15) is 13.2 Å². The van der Waals surface area contributed by atoms with E-state index in [2.05, 4.69) is 12.2 Å². The van der Waals surface area contributed by atoms with Crippen LogP contribution in [0.5, 0.6) is 0 Å². The lowest BCUT2D eigenvalue weighted by molar-refractivity contribution is 0.0938. The Labute approximate surface area is 172 Å². The van der Waals surface area contributed by atoms with E-state index in [0.717, 1.165) is 18.4 Å². The van der Waals surface area contributed by atoms with E-state index >= 15 is 0 Å². The summed E-state index contributed by atoms with van der Waals surface area (Å²) in [5, 5.41) is 3.45. The number of carbonyl (C=O) groups excluding carboxylic acids is 1. The fraction of sp³-hybridized carbons (Fsp3) is 0.381. The third kappa shape index (κ3) is 5.80. The Morgan fingerprint density at radius 3 is 2.21 bits per heavy atom. The van der Waals surface area contributed by atoms with Crippen LogP contribution < -0.4 is 5.32 Å². The second kappa shape index (κ2) is 10.0. The molecule has 1 N–H and O–H groups in total. The summed E-state index contributed by atoms with van der Waals surface area (Å²) in [6, 6.07) is 13.3. The van der Waals surface area contributed by atoms with E-state index in [0.29, 0.717) is 17.1 Å². The number of sulfonamides is 1. The lowest BCUT2D eigenvalue weighted by atomic mass is 10.1. The monoisotopic (exact) mass is 422 g/mol. The predicted octanol–water partition coefficient (Wildman–Crippen LogP) is 4.47. The van der Waals surface area contributed by atoms with Gasteiger partial charge in [-0.05, 0) is 55.3 Å². The topological polar surface area (TPSA) is 66.5 Å². The van der Waals surface area contributed by atoms with Gasteiger partial charge in [-0.25, -0.2) is 8.42 Å². The molecule has 0 spiro atoms. The first-order valence-electron chi connectivity index (χ1n) is 9.43. The van der Waals surface area contributed by atoms with Gasteiger partial charge in [-0.3, -0.25) is 4.79 Å². The molecule has 152 valence electrons.